The van der Waals surface area contributed by atoms with Crippen molar-refractivity contribution in [1.29, 1.82) is 0 Å². The number of nitrogens with one attached hydrogen (secondary N) is 1. The molecule has 4 atom stereocenters. The van der Waals surface area contributed by atoms with Crippen LogP contribution in [0.25, 0.3) is 0 Å². The largest absolute Gasteiger partial charge is 0.472 e. The lowest BCUT2D eigenvalue weighted by molar-refractivity contribution is -0.124. The SMILES string of the molecule is CCCCCCCCCCCCCCCCCCCCC/C=C/C(O)C(COP(=O)(O)OCCN)NC(=O)CC(O)CCCCCCCCCCCCCCCCCCCCCCC. The Labute approximate surface area is 397 Å². The Morgan fingerprint density at radius 2 is 0.859 bits per heavy atom. The van der Waals surface area contributed by atoms with Gasteiger partial charge in [0.2, 0.25) is 5.91 Å². The molecule has 0 aliphatic rings. The number of nitrogens with two attached hydrogens (primary N) is 1. The number of hydrogen-bond donors (Lipinski definition) is 5. The van der Waals surface area contributed by atoms with E-state index in [1.165, 1.54) is 225 Å². The number of allylic oxidation sites excluding steroid dienone is 1. The van der Waals surface area contributed by atoms with Crippen LogP contribution in [0, 0.1) is 0 Å². The lowest BCUT2D eigenvalue weighted by Gasteiger charge is -2.24. The van der Waals surface area contributed by atoms with Crippen LogP contribution < -0.4 is 11.1 Å². The second-order valence-corrected chi connectivity index (χ2v) is 20.8. The fraction of sp³-hybridized carbons (Fsp3) is 0.944. The zero-order valence-corrected chi connectivity index (χ0v) is 43.3. The molecule has 0 aromatic rings. The molecule has 0 bridgehead atoms. The first-order valence-electron chi connectivity index (χ1n) is 27.9. The van der Waals surface area contributed by atoms with E-state index in [9.17, 15) is 24.5 Å². The third-order valence-electron chi connectivity index (χ3n) is 12.9. The average Bonchev–Trinajstić information content (AvgIpc) is 3.28. The van der Waals surface area contributed by atoms with Gasteiger partial charge in [0, 0.05) is 6.54 Å². The Morgan fingerprint density at radius 1 is 0.531 bits per heavy atom. The summed E-state index contributed by atoms with van der Waals surface area (Å²) in [6.07, 6.45) is 56.0. The summed E-state index contributed by atoms with van der Waals surface area (Å²) < 4.78 is 22.2. The summed E-state index contributed by atoms with van der Waals surface area (Å²) in [7, 11) is -4.40. The van der Waals surface area contributed by atoms with Crippen molar-refractivity contribution in [2.45, 2.75) is 308 Å². The summed E-state index contributed by atoms with van der Waals surface area (Å²) in [6.45, 7) is 4.03. The highest BCUT2D eigenvalue weighted by molar-refractivity contribution is 7.47. The van der Waals surface area contributed by atoms with Crippen molar-refractivity contribution in [1.82, 2.24) is 5.32 Å². The van der Waals surface area contributed by atoms with Gasteiger partial charge in [-0.05, 0) is 19.3 Å². The van der Waals surface area contributed by atoms with Crippen LogP contribution in [0.5, 0.6) is 0 Å². The van der Waals surface area contributed by atoms with Gasteiger partial charge in [-0.25, -0.2) is 4.57 Å². The molecule has 0 heterocycles. The minimum absolute atomic E-state index is 0.0519. The average molecular weight is 929 g/mol. The topological polar surface area (TPSA) is 151 Å². The Kier molecular flexibility index (Phi) is 49.5. The number of phosphoric acid groups is 1. The lowest BCUT2D eigenvalue weighted by atomic mass is 10.0. The van der Waals surface area contributed by atoms with Gasteiger partial charge in [0.15, 0.2) is 0 Å². The molecule has 0 aromatic carbocycles. The molecule has 0 saturated heterocycles. The molecule has 1 amide bonds. The third kappa shape index (κ3) is 47.7. The van der Waals surface area contributed by atoms with Gasteiger partial charge in [-0.15, -0.1) is 0 Å². The van der Waals surface area contributed by atoms with Crippen molar-refractivity contribution >= 4 is 13.7 Å². The van der Waals surface area contributed by atoms with E-state index < -0.39 is 38.6 Å². The summed E-state index contributed by atoms with van der Waals surface area (Å²) >= 11 is 0. The molecule has 0 spiro atoms. The highest BCUT2D eigenvalue weighted by Gasteiger charge is 2.27. The molecule has 64 heavy (non-hydrogen) atoms. The summed E-state index contributed by atoms with van der Waals surface area (Å²) in [5, 5.41) is 24.2. The fourth-order valence-corrected chi connectivity index (χ4v) is 9.47. The standard InChI is InChI=1S/C54H109N2O7P/c1-3-5-7-9-11-13-15-17-19-21-23-25-27-29-31-33-35-37-39-41-43-45-51(57)49-54(59)56-52(50-63-64(60,61)62-48-47-55)53(58)46-44-42-40-38-36-34-32-30-28-26-24-22-20-18-16-14-12-10-8-6-4-2/h44,46,51-53,57-58H,3-43,45,47-50,55H2,1-2H3,(H,56,59)(H,60,61)/b46-44+. The number of amides is 1. The van der Waals surface area contributed by atoms with E-state index in [-0.39, 0.29) is 19.6 Å². The highest BCUT2D eigenvalue weighted by atomic mass is 31.2. The molecule has 0 aliphatic carbocycles. The van der Waals surface area contributed by atoms with Crippen molar-refractivity contribution < 1.29 is 33.5 Å². The van der Waals surface area contributed by atoms with Gasteiger partial charge in [0.25, 0.3) is 0 Å². The van der Waals surface area contributed by atoms with Crippen molar-refractivity contribution in [2.75, 3.05) is 19.8 Å². The van der Waals surface area contributed by atoms with Gasteiger partial charge in [0.05, 0.1) is 37.9 Å². The van der Waals surface area contributed by atoms with E-state index in [1.54, 1.807) is 6.08 Å². The minimum Gasteiger partial charge on any atom is -0.393 e. The molecule has 382 valence electrons. The molecule has 0 radical (unpaired) electrons. The molecule has 0 saturated carbocycles. The smallest absolute Gasteiger partial charge is 0.393 e. The zero-order valence-electron chi connectivity index (χ0n) is 42.4. The van der Waals surface area contributed by atoms with Gasteiger partial charge in [-0.3, -0.25) is 13.8 Å². The molecular weight excluding hydrogens is 820 g/mol. The molecule has 4 unspecified atom stereocenters. The van der Waals surface area contributed by atoms with Crippen LogP contribution in [0.3, 0.4) is 0 Å². The molecule has 0 rings (SSSR count). The number of carbonyl (C=O) groups is 1. The van der Waals surface area contributed by atoms with E-state index in [0.717, 1.165) is 38.5 Å². The van der Waals surface area contributed by atoms with Crippen LogP contribution >= 0.6 is 7.82 Å². The third-order valence-corrected chi connectivity index (χ3v) is 13.9. The van der Waals surface area contributed by atoms with Gasteiger partial charge in [0.1, 0.15) is 0 Å². The first kappa shape index (κ1) is 63.2. The molecule has 9 nitrogen and oxygen atoms in total. The van der Waals surface area contributed by atoms with E-state index in [1.807, 2.05) is 6.08 Å². The zero-order chi connectivity index (χ0) is 46.9. The van der Waals surface area contributed by atoms with E-state index in [4.69, 9.17) is 14.8 Å². The van der Waals surface area contributed by atoms with Gasteiger partial charge in [-0.1, -0.05) is 276 Å². The van der Waals surface area contributed by atoms with Gasteiger partial charge < -0.3 is 26.2 Å². The number of rotatable bonds is 53. The first-order chi connectivity index (χ1) is 31.3. The number of aliphatic hydroxyl groups is 2. The first-order valence-corrected chi connectivity index (χ1v) is 29.4. The quantitative estimate of drug-likeness (QED) is 0.0230. The van der Waals surface area contributed by atoms with Crippen molar-refractivity contribution in [2.24, 2.45) is 5.73 Å². The normalized spacial score (nSPS) is 14.3. The van der Waals surface area contributed by atoms with E-state index in [2.05, 4.69) is 19.2 Å². The molecule has 6 N–H and O–H groups in total. The molecule has 0 fully saturated rings. The molecular formula is C54H109N2O7P. The molecule has 0 aromatic heterocycles. The predicted octanol–water partition coefficient (Wildman–Crippen LogP) is 15.7. The highest BCUT2D eigenvalue weighted by Crippen LogP contribution is 2.43. The van der Waals surface area contributed by atoms with Crippen molar-refractivity contribution in [3.05, 3.63) is 12.2 Å². The summed E-state index contributed by atoms with van der Waals surface area (Å²) in [5.41, 5.74) is 5.39. The van der Waals surface area contributed by atoms with Gasteiger partial charge in [-0.2, -0.15) is 0 Å². The number of hydrogen-bond acceptors (Lipinski definition) is 7. The monoisotopic (exact) mass is 929 g/mol. The van der Waals surface area contributed by atoms with Crippen LogP contribution in [0.4, 0.5) is 0 Å². The Morgan fingerprint density at radius 3 is 1.20 bits per heavy atom. The van der Waals surface area contributed by atoms with E-state index in [0.29, 0.717) is 6.42 Å². The number of phosphoric ester groups is 1. The Balaban J connectivity index is 4.10. The maximum absolute atomic E-state index is 12.9. The van der Waals surface area contributed by atoms with Crippen molar-refractivity contribution in [3.8, 4) is 0 Å². The van der Waals surface area contributed by atoms with Crippen LogP contribution in [-0.4, -0.2) is 59.0 Å². The summed E-state index contributed by atoms with van der Waals surface area (Å²) in [4.78, 5) is 22.9. The second kappa shape index (κ2) is 50.1. The second-order valence-electron chi connectivity index (χ2n) is 19.3. The van der Waals surface area contributed by atoms with Crippen LogP contribution in [0.1, 0.15) is 290 Å². The Bertz CT molecular complexity index is 1030. The molecule has 10 heteroatoms. The fourth-order valence-electron chi connectivity index (χ4n) is 8.71. The van der Waals surface area contributed by atoms with Crippen molar-refractivity contribution in [3.63, 3.8) is 0 Å². The van der Waals surface area contributed by atoms with Crippen LogP contribution in [0.15, 0.2) is 12.2 Å². The maximum atomic E-state index is 12.9. The number of unbranched alkanes of at least 4 members (excludes halogenated alkanes) is 39. The summed E-state index contributed by atoms with van der Waals surface area (Å²) in [6, 6.07) is -0.979. The minimum atomic E-state index is -4.40. The predicted molar refractivity (Wildman–Crippen MR) is 274 cm³/mol. The van der Waals surface area contributed by atoms with Crippen LogP contribution in [-0.2, 0) is 18.4 Å². The number of aliphatic hydroxyl groups excluding tert-OH is 2. The summed E-state index contributed by atoms with van der Waals surface area (Å²) in [5.74, 6) is -0.438. The van der Waals surface area contributed by atoms with E-state index >= 15 is 0 Å². The van der Waals surface area contributed by atoms with Gasteiger partial charge >= 0.3 is 7.82 Å². The Hall–Kier alpha value is -0.800. The molecule has 0 aliphatic heterocycles. The lowest BCUT2D eigenvalue weighted by Crippen LogP contribution is -2.46. The number of carbonyl (C=O) groups excluding carboxylic acids is 1. The maximum Gasteiger partial charge on any atom is 0.472 e. The van der Waals surface area contributed by atoms with Crippen LogP contribution in [0.2, 0.25) is 0 Å².